The molecule has 0 amide bonds. The van der Waals surface area contributed by atoms with Gasteiger partial charge in [0.2, 0.25) is 0 Å². The summed E-state index contributed by atoms with van der Waals surface area (Å²) in [5.74, 6) is -1.20. The molecule has 0 saturated heterocycles. The Bertz CT molecular complexity index is 515. The average molecular weight is 304 g/mol. The molecule has 1 rings (SSSR count). The molecular weight excluding hydrogens is 293 g/mol. The third kappa shape index (κ3) is 4.30. The van der Waals surface area contributed by atoms with Gasteiger partial charge in [0.25, 0.3) is 0 Å². The van der Waals surface area contributed by atoms with Crippen molar-refractivity contribution in [3.63, 3.8) is 0 Å². The summed E-state index contributed by atoms with van der Waals surface area (Å²) in [4.78, 5) is 15.2. The minimum Gasteiger partial charge on any atom is -0.462 e. The molecule has 0 aliphatic rings. The Morgan fingerprint density at radius 2 is 2.20 bits per heavy atom. The van der Waals surface area contributed by atoms with E-state index in [0.717, 1.165) is 0 Å². The second kappa shape index (κ2) is 6.99. The Hall–Kier alpha value is -1.96. The highest BCUT2D eigenvalue weighted by Crippen LogP contribution is 2.29. The van der Waals surface area contributed by atoms with Crippen LogP contribution in [-0.4, -0.2) is 29.1 Å². The number of anilines is 1. The lowest BCUT2D eigenvalue weighted by Crippen LogP contribution is -2.26. The van der Waals surface area contributed by atoms with E-state index in [1.54, 1.807) is 6.07 Å². The van der Waals surface area contributed by atoms with E-state index in [1.807, 2.05) is 0 Å². The predicted molar refractivity (Wildman–Crippen MR) is 71.2 cm³/mol. The normalized spacial score (nSPS) is 12.4. The average Bonchev–Trinajstić information content (AvgIpc) is 2.39. The fourth-order valence-corrected chi connectivity index (χ4v) is 1.49. The molecule has 20 heavy (non-hydrogen) atoms. The monoisotopic (exact) mass is 304 g/mol. The molecule has 0 fully saturated rings. The number of ether oxygens (including phenoxy) is 1. The van der Waals surface area contributed by atoms with E-state index in [1.165, 1.54) is 25.3 Å². The van der Waals surface area contributed by atoms with E-state index in [9.17, 15) is 18.0 Å². The van der Waals surface area contributed by atoms with Gasteiger partial charge in [-0.25, -0.2) is 9.78 Å². The highest BCUT2D eigenvalue weighted by molar-refractivity contribution is 7.79. The lowest BCUT2D eigenvalue weighted by atomic mass is 10.2. The fourth-order valence-electron chi connectivity index (χ4n) is 1.27. The van der Waals surface area contributed by atoms with E-state index in [0.29, 0.717) is 5.37 Å². The van der Waals surface area contributed by atoms with Crippen LogP contribution in [0.3, 0.4) is 0 Å². The van der Waals surface area contributed by atoms with Crippen LogP contribution in [-0.2, 0) is 9.53 Å². The van der Waals surface area contributed by atoms with Crippen LogP contribution in [0.2, 0.25) is 0 Å². The molecule has 8 heteroatoms. The summed E-state index contributed by atoms with van der Waals surface area (Å²) < 4.78 is 43.6. The zero-order valence-corrected chi connectivity index (χ0v) is 11.2. The quantitative estimate of drug-likeness (QED) is 0.515. The minimum absolute atomic E-state index is 0.0553. The molecule has 1 heterocycles. The van der Waals surface area contributed by atoms with Crippen molar-refractivity contribution < 1.29 is 22.7 Å². The number of alkyl halides is 3. The molecule has 1 N–H and O–H groups in total. The second-order valence-electron chi connectivity index (χ2n) is 3.46. The number of thiocarbonyl (C=S) groups is 1. The van der Waals surface area contributed by atoms with Crippen molar-refractivity contribution in [2.45, 2.75) is 13.1 Å². The van der Waals surface area contributed by atoms with Crippen LogP contribution < -0.4 is 5.32 Å². The molecule has 1 aromatic rings. The number of aromatic nitrogens is 1. The lowest BCUT2D eigenvalue weighted by Gasteiger charge is -2.16. The van der Waals surface area contributed by atoms with Crippen LogP contribution in [0, 0.1) is 0 Å². The Balaban J connectivity index is 3.23. The molecule has 108 valence electrons. The van der Waals surface area contributed by atoms with Gasteiger partial charge in [0.1, 0.15) is 11.5 Å². The molecule has 0 bridgehead atoms. The summed E-state index contributed by atoms with van der Waals surface area (Å²) in [5, 5.41) is 2.69. The Labute approximate surface area is 118 Å². The maximum Gasteiger partial charge on any atom is 0.432 e. The standard InChI is InChI=1S/C12H11F3N2O2S/c1-2-19-11(18)8(7-20)10(12(13,14)15)17-9-5-3-4-6-16-9/h3-7H,2H2,1H3,(H,16,17). The first-order valence-electron chi connectivity index (χ1n) is 5.52. The first-order chi connectivity index (χ1) is 9.40. The summed E-state index contributed by atoms with van der Waals surface area (Å²) in [6, 6.07) is 4.39. The molecule has 0 spiro atoms. The number of halogens is 3. The SMILES string of the molecule is CCOC(=O)C(C=S)=C(Nc1ccccn1)C(F)(F)F. The van der Waals surface area contributed by atoms with Gasteiger partial charge in [-0.15, -0.1) is 0 Å². The summed E-state index contributed by atoms with van der Waals surface area (Å²) in [6.45, 7) is 1.43. The number of pyridine rings is 1. The molecular formula is C12H11F3N2O2S. The van der Waals surface area contributed by atoms with Crippen molar-refractivity contribution >= 4 is 29.4 Å². The molecule has 0 unspecified atom stereocenters. The van der Waals surface area contributed by atoms with Crippen LogP contribution >= 0.6 is 12.2 Å². The molecule has 1 aromatic heterocycles. The van der Waals surface area contributed by atoms with Gasteiger partial charge in [-0.2, -0.15) is 13.2 Å². The molecule has 0 aliphatic heterocycles. The number of nitrogens with zero attached hydrogens (tertiary/aromatic N) is 1. The first-order valence-corrected chi connectivity index (χ1v) is 5.99. The molecule has 0 radical (unpaired) electrons. The Morgan fingerprint density at radius 3 is 2.65 bits per heavy atom. The van der Waals surface area contributed by atoms with Gasteiger partial charge >= 0.3 is 12.1 Å². The van der Waals surface area contributed by atoms with Crippen molar-refractivity contribution in [2.24, 2.45) is 0 Å². The van der Waals surface area contributed by atoms with Gasteiger partial charge in [-0.05, 0) is 19.1 Å². The van der Waals surface area contributed by atoms with Gasteiger partial charge in [0, 0.05) is 11.6 Å². The van der Waals surface area contributed by atoms with Crippen LogP contribution in [0.25, 0.3) is 0 Å². The third-order valence-corrected chi connectivity index (χ3v) is 2.32. The number of allylic oxidation sites excluding steroid dienone is 1. The number of rotatable bonds is 5. The number of hydrogen-bond acceptors (Lipinski definition) is 5. The number of carbonyl (C=O) groups is 1. The molecule has 0 aromatic carbocycles. The first kappa shape index (κ1) is 16.1. The lowest BCUT2D eigenvalue weighted by molar-refractivity contribution is -0.139. The van der Waals surface area contributed by atoms with Crippen molar-refractivity contribution in [3.8, 4) is 0 Å². The second-order valence-corrected chi connectivity index (χ2v) is 3.70. The fraction of sp³-hybridized carbons (Fsp3) is 0.250. The van der Waals surface area contributed by atoms with E-state index in [-0.39, 0.29) is 12.4 Å². The van der Waals surface area contributed by atoms with E-state index in [4.69, 9.17) is 0 Å². The van der Waals surface area contributed by atoms with Crippen LogP contribution in [0.4, 0.5) is 19.0 Å². The largest absolute Gasteiger partial charge is 0.462 e. The highest BCUT2D eigenvalue weighted by Gasteiger charge is 2.38. The van der Waals surface area contributed by atoms with Crippen molar-refractivity contribution in [1.29, 1.82) is 0 Å². The number of hydrogen-bond donors (Lipinski definition) is 1. The molecule has 0 atom stereocenters. The number of esters is 1. The van der Waals surface area contributed by atoms with Crippen LogP contribution in [0.5, 0.6) is 0 Å². The van der Waals surface area contributed by atoms with Gasteiger partial charge < -0.3 is 10.1 Å². The predicted octanol–water partition coefficient (Wildman–Crippen LogP) is 2.87. The van der Waals surface area contributed by atoms with Crippen molar-refractivity contribution in [1.82, 2.24) is 4.98 Å². The van der Waals surface area contributed by atoms with E-state index < -0.39 is 23.4 Å². The number of carbonyl (C=O) groups excluding carboxylic acids is 1. The smallest absolute Gasteiger partial charge is 0.432 e. The maximum atomic E-state index is 13.0. The zero-order chi connectivity index (χ0) is 15.2. The Morgan fingerprint density at radius 1 is 1.50 bits per heavy atom. The van der Waals surface area contributed by atoms with Gasteiger partial charge in [-0.3, -0.25) is 0 Å². The van der Waals surface area contributed by atoms with E-state index >= 15 is 0 Å². The van der Waals surface area contributed by atoms with Crippen molar-refractivity contribution in [3.05, 3.63) is 35.7 Å². The molecule has 0 saturated carbocycles. The summed E-state index contributed by atoms with van der Waals surface area (Å²) in [5.41, 5.74) is -2.07. The van der Waals surface area contributed by atoms with Gasteiger partial charge in [0.05, 0.1) is 12.2 Å². The third-order valence-electron chi connectivity index (χ3n) is 2.08. The Kier molecular flexibility index (Phi) is 5.63. The topological polar surface area (TPSA) is 51.2 Å². The molecule has 0 aliphatic carbocycles. The van der Waals surface area contributed by atoms with E-state index in [2.05, 4.69) is 27.3 Å². The summed E-state index contributed by atoms with van der Waals surface area (Å²) >= 11 is 4.48. The summed E-state index contributed by atoms with van der Waals surface area (Å²) in [6.07, 6.45) is -3.48. The van der Waals surface area contributed by atoms with Gasteiger partial charge in [-0.1, -0.05) is 18.3 Å². The zero-order valence-electron chi connectivity index (χ0n) is 10.4. The maximum absolute atomic E-state index is 13.0. The minimum atomic E-state index is -4.80. The van der Waals surface area contributed by atoms with Crippen LogP contribution in [0.15, 0.2) is 35.7 Å². The summed E-state index contributed by atoms with van der Waals surface area (Å²) in [7, 11) is 0. The molecule has 4 nitrogen and oxygen atoms in total. The number of nitrogens with one attached hydrogen (secondary N) is 1. The van der Waals surface area contributed by atoms with Crippen LogP contribution in [0.1, 0.15) is 6.92 Å². The van der Waals surface area contributed by atoms with Gasteiger partial charge in [0.15, 0.2) is 0 Å². The highest BCUT2D eigenvalue weighted by atomic mass is 32.1. The van der Waals surface area contributed by atoms with Crippen molar-refractivity contribution in [2.75, 3.05) is 11.9 Å².